The fourth-order valence-corrected chi connectivity index (χ4v) is 4.05. The topological polar surface area (TPSA) is 49.2 Å². The van der Waals surface area contributed by atoms with E-state index in [9.17, 15) is 5.11 Å². The molecular weight excluding hydrogens is 346 g/mol. The number of phenolic OH excluding ortho intramolecular Hbond substituents is 1. The highest BCUT2D eigenvalue weighted by atomic mass is 35.5. The van der Waals surface area contributed by atoms with Gasteiger partial charge in [0.2, 0.25) is 0 Å². The fraction of sp³-hybridized carbons (Fsp3) is 0.333. The van der Waals surface area contributed by atoms with Crippen LogP contribution in [0.1, 0.15) is 37.1 Å². The molecule has 3 heterocycles. The number of fused-ring (bicyclic) bond motifs is 1. The Balaban J connectivity index is 1.87. The summed E-state index contributed by atoms with van der Waals surface area (Å²) in [6.45, 7) is 4.24. The summed E-state index contributed by atoms with van der Waals surface area (Å²) >= 11 is 6.54. The summed E-state index contributed by atoms with van der Waals surface area (Å²) < 4.78 is 0. The van der Waals surface area contributed by atoms with Gasteiger partial charge in [-0.1, -0.05) is 24.6 Å². The highest BCUT2D eigenvalue weighted by molar-refractivity contribution is 6.35. The van der Waals surface area contributed by atoms with Gasteiger partial charge in [-0.15, -0.1) is 0 Å². The lowest BCUT2D eigenvalue weighted by Crippen LogP contribution is -2.37. The first-order valence-electron chi connectivity index (χ1n) is 9.06. The van der Waals surface area contributed by atoms with Crippen LogP contribution in [0.3, 0.4) is 0 Å². The molecule has 0 saturated carbocycles. The van der Waals surface area contributed by atoms with Crippen molar-refractivity contribution in [3.8, 4) is 5.75 Å². The van der Waals surface area contributed by atoms with Gasteiger partial charge in [-0.25, -0.2) is 0 Å². The van der Waals surface area contributed by atoms with E-state index in [2.05, 4.69) is 21.8 Å². The Morgan fingerprint density at radius 1 is 1.12 bits per heavy atom. The van der Waals surface area contributed by atoms with Gasteiger partial charge < -0.3 is 5.11 Å². The summed E-state index contributed by atoms with van der Waals surface area (Å²) in [6.07, 6.45) is 5.76. The quantitative estimate of drug-likeness (QED) is 0.721. The first-order chi connectivity index (χ1) is 12.6. The number of rotatable bonds is 3. The molecule has 1 atom stereocenters. The number of phenols is 1. The Bertz CT molecular complexity index is 908. The van der Waals surface area contributed by atoms with Crippen molar-refractivity contribution in [2.75, 3.05) is 13.1 Å². The monoisotopic (exact) mass is 367 g/mol. The molecule has 2 aromatic heterocycles. The second-order valence-corrected chi connectivity index (χ2v) is 7.48. The van der Waals surface area contributed by atoms with Crippen molar-refractivity contribution in [2.24, 2.45) is 5.92 Å². The third-order valence-electron chi connectivity index (χ3n) is 5.29. The number of nitrogens with zero attached hydrogens (tertiary/aromatic N) is 3. The molecule has 4 nitrogen and oxygen atoms in total. The Morgan fingerprint density at radius 2 is 1.88 bits per heavy atom. The van der Waals surface area contributed by atoms with Crippen molar-refractivity contribution in [2.45, 2.75) is 25.8 Å². The average Bonchev–Trinajstić information content (AvgIpc) is 2.68. The zero-order chi connectivity index (χ0) is 18.1. The van der Waals surface area contributed by atoms with Gasteiger partial charge in [0, 0.05) is 23.3 Å². The Hall–Kier alpha value is -2.17. The number of hydrogen-bond acceptors (Lipinski definition) is 4. The number of aromatic hydroxyl groups is 1. The zero-order valence-electron chi connectivity index (χ0n) is 14.8. The molecule has 134 valence electrons. The largest absolute Gasteiger partial charge is 0.505 e. The maximum atomic E-state index is 11.0. The number of piperidine rings is 1. The van der Waals surface area contributed by atoms with Crippen LogP contribution in [0.15, 0.2) is 48.8 Å². The van der Waals surface area contributed by atoms with E-state index in [4.69, 9.17) is 11.6 Å². The lowest BCUT2D eigenvalue weighted by atomic mass is 9.93. The second-order valence-electron chi connectivity index (χ2n) is 7.07. The number of likely N-dealkylation sites (tertiary alicyclic amines) is 1. The van der Waals surface area contributed by atoms with Crippen LogP contribution in [0.5, 0.6) is 5.75 Å². The van der Waals surface area contributed by atoms with Crippen LogP contribution in [-0.2, 0) is 0 Å². The molecule has 1 aliphatic rings. The summed E-state index contributed by atoms with van der Waals surface area (Å²) in [4.78, 5) is 11.3. The van der Waals surface area contributed by atoms with Gasteiger partial charge in [-0.05, 0) is 62.2 Å². The molecule has 0 spiro atoms. The highest BCUT2D eigenvalue weighted by Crippen LogP contribution is 2.41. The number of halogens is 1. The summed E-state index contributed by atoms with van der Waals surface area (Å²) in [5.41, 5.74) is 2.24. The average molecular weight is 368 g/mol. The van der Waals surface area contributed by atoms with Gasteiger partial charge in [-0.2, -0.15) is 0 Å². The molecule has 1 aromatic carbocycles. The molecule has 0 bridgehead atoms. The SMILES string of the molecule is CC1CCN([C@H](c2ccccn2)c2cc(Cl)c3cccnc3c2O)CC1. The van der Waals surface area contributed by atoms with E-state index in [1.165, 1.54) is 0 Å². The normalized spacial score (nSPS) is 17.5. The molecule has 0 aliphatic carbocycles. The van der Waals surface area contributed by atoms with Gasteiger partial charge in [0.25, 0.3) is 0 Å². The maximum absolute atomic E-state index is 11.0. The lowest BCUT2D eigenvalue weighted by molar-refractivity contribution is 0.154. The standard InChI is InChI=1S/C21H22ClN3O/c1-14-7-11-25(12-8-14)20(18-6-2-3-9-23-18)16-13-17(22)15-5-4-10-24-19(15)21(16)26/h2-6,9-10,13-14,20,26H,7-8,11-12H2,1H3/t20-/m0/s1. The number of hydrogen-bond donors (Lipinski definition) is 1. The van der Waals surface area contributed by atoms with Crippen LogP contribution in [-0.4, -0.2) is 33.1 Å². The van der Waals surface area contributed by atoms with Crippen LogP contribution in [0.4, 0.5) is 0 Å². The van der Waals surface area contributed by atoms with Crippen LogP contribution < -0.4 is 0 Å². The van der Waals surface area contributed by atoms with Gasteiger partial charge in [0.05, 0.1) is 16.8 Å². The molecule has 3 aromatic rings. The molecule has 0 radical (unpaired) electrons. The maximum Gasteiger partial charge on any atom is 0.147 e. The van der Waals surface area contributed by atoms with Crippen molar-refractivity contribution in [3.05, 3.63) is 65.1 Å². The predicted octanol–water partition coefficient (Wildman–Crippen LogP) is 4.81. The molecular formula is C21H22ClN3O. The van der Waals surface area contributed by atoms with Crippen molar-refractivity contribution < 1.29 is 5.11 Å². The van der Waals surface area contributed by atoms with Crippen molar-refractivity contribution >= 4 is 22.5 Å². The van der Waals surface area contributed by atoms with Gasteiger partial charge >= 0.3 is 0 Å². The van der Waals surface area contributed by atoms with E-state index in [1.807, 2.05) is 36.4 Å². The van der Waals surface area contributed by atoms with E-state index in [-0.39, 0.29) is 11.8 Å². The second kappa shape index (κ2) is 7.22. The van der Waals surface area contributed by atoms with E-state index in [1.54, 1.807) is 12.4 Å². The van der Waals surface area contributed by atoms with Crippen LogP contribution in [0, 0.1) is 5.92 Å². The van der Waals surface area contributed by atoms with Crippen molar-refractivity contribution in [3.63, 3.8) is 0 Å². The smallest absolute Gasteiger partial charge is 0.147 e. The van der Waals surface area contributed by atoms with E-state index in [0.717, 1.165) is 48.5 Å². The first kappa shape index (κ1) is 17.3. The third-order valence-corrected chi connectivity index (χ3v) is 5.60. The molecule has 5 heteroatoms. The minimum atomic E-state index is -0.132. The summed E-state index contributed by atoms with van der Waals surface area (Å²) in [5.74, 6) is 0.922. The minimum absolute atomic E-state index is 0.132. The Kier molecular flexibility index (Phi) is 4.79. The van der Waals surface area contributed by atoms with E-state index in [0.29, 0.717) is 10.5 Å². The van der Waals surface area contributed by atoms with E-state index >= 15 is 0 Å². The van der Waals surface area contributed by atoms with Crippen molar-refractivity contribution in [1.82, 2.24) is 14.9 Å². The summed E-state index contributed by atoms with van der Waals surface area (Å²) in [5, 5.41) is 12.4. The molecule has 1 N–H and O–H groups in total. The lowest BCUT2D eigenvalue weighted by Gasteiger charge is -2.37. The van der Waals surface area contributed by atoms with E-state index < -0.39 is 0 Å². The van der Waals surface area contributed by atoms with Gasteiger partial charge in [-0.3, -0.25) is 14.9 Å². The number of benzene rings is 1. The van der Waals surface area contributed by atoms with Crippen LogP contribution >= 0.6 is 11.6 Å². The van der Waals surface area contributed by atoms with Crippen molar-refractivity contribution in [1.29, 1.82) is 0 Å². The summed E-state index contributed by atoms with van der Waals surface area (Å²) in [6, 6.07) is 11.4. The third kappa shape index (κ3) is 3.15. The summed E-state index contributed by atoms with van der Waals surface area (Å²) in [7, 11) is 0. The fourth-order valence-electron chi connectivity index (χ4n) is 3.78. The molecule has 0 amide bonds. The van der Waals surface area contributed by atoms with Gasteiger partial charge in [0.15, 0.2) is 0 Å². The minimum Gasteiger partial charge on any atom is -0.505 e. The molecule has 4 rings (SSSR count). The van der Waals surface area contributed by atoms with Crippen LogP contribution in [0.25, 0.3) is 10.9 Å². The Morgan fingerprint density at radius 3 is 2.62 bits per heavy atom. The Labute approximate surface area is 158 Å². The molecule has 26 heavy (non-hydrogen) atoms. The predicted molar refractivity (Wildman–Crippen MR) is 104 cm³/mol. The zero-order valence-corrected chi connectivity index (χ0v) is 15.5. The molecule has 0 unspecified atom stereocenters. The highest BCUT2D eigenvalue weighted by Gasteiger charge is 2.30. The van der Waals surface area contributed by atoms with Gasteiger partial charge in [0.1, 0.15) is 11.3 Å². The van der Waals surface area contributed by atoms with Crippen LogP contribution in [0.2, 0.25) is 5.02 Å². The number of aromatic nitrogens is 2. The first-order valence-corrected chi connectivity index (χ1v) is 9.44. The molecule has 1 aliphatic heterocycles. The molecule has 1 saturated heterocycles. The molecule has 1 fully saturated rings. The number of pyridine rings is 2.